The van der Waals surface area contributed by atoms with Crippen molar-refractivity contribution in [2.24, 2.45) is 5.73 Å². The van der Waals surface area contributed by atoms with Gasteiger partial charge in [0.2, 0.25) is 0 Å². The third kappa shape index (κ3) is 16.9. The number of fused-ring (bicyclic) bond motifs is 2. The standard InChI is InChI=1S/C29H27ClF4N2O4S.C19H14ClF4NO2.C10H15NO3S.ClH/c1-2-41(39,40)24-8-4-18(5-9-24)26(17-37)35-28(38)20-6-10-27-21(13-20)15-23(36(27)12-11-31)14-19-3-7-22(30)16-25(19)29(32,33)34;20-14-3-1-11(16(10-14)19(22,23)24)8-15-9-13-7-12(18(26)27)2-4-17(13)25(15)6-5-21;1-2-15(13,14)9-5-3-8(4-6-9)10(11)7-12;/h3-10,13,15-16,26,37H,2,11-12,14,17H2,1H3,(H,35,38);1-4,7,9-10H,5-6,8H2,(H,26,27);3-6,10,12H,2,7,11H2,1H3;1H/t26-;;;/m0.../s1/i1D3,2D2;;1D3,2D2;. The van der Waals surface area contributed by atoms with Crippen molar-refractivity contribution in [2.45, 2.75) is 73.9 Å². The molecule has 0 fully saturated rings. The molecule has 0 aliphatic heterocycles. The molecule has 8 aromatic rings. The summed E-state index contributed by atoms with van der Waals surface area (Å²) in [6.45, 7) is -9.41. The molecule has 0 radical (unpaired) electrons. The highest BCUT2D eigenvalue weighted by Gasteiger charge is 2.35. The summed E-state index contributed by atoms with van der Waals surface area (Å²) in [6.07, 6.45) is -9.54. The Morgan fingerprint density at radius 3 is 1.42 bits per heavy atom. The number of amides is 1. The molecule has 6 N–H and O–H groups in total. The molecule has 2 heterocycles. The van der Waals surface area contributed by atoms with Gasteiger partial charge in [-0.1, -0.05) is 73.3 Å². The van der Waals surface area contributed by atoms with Gasteiger partial charge in [-0.3, -0.25) is 4.79 Å². The number of benzene rings is 6. The number of nitrogens with two attached hydrogens (primary N) is 1. The van der Waals surface area contributed by atoms with Crippen molar-refractivity contribution in [3.05, 3.63) is 199 Å². The van der Waals surface area contributed by atoms with Crippen LogP contribution in [0.2, 0.25) is 10.0 Å². The maximum Gasteiger partial charge on any atom is 0.416 e. The fourth-order valence-electron chi connectivity index (χ4n) is 8.72. The molecule has 8 rings (SSSR count). The van der Waals surface area contributed by atoms with Crippen LogP contribution in [0.5, 0.6) is 0 Å². The molecule has 0 saturated heterocycles. The van der Waals surface area contributed by atoms with E-state index in [1.54, 1.807) is 16.7 Å². The maximum atomic E-state index is 13.7. The molecule has 2 atom stereocenters. The SMILES string of the molecule is Cl.O=C(O)c1ccc2c(c1)cc(Cc1ccc(Cl)cc1C(F)(F)F)n2CCF.[2H]C([2H])([2H])C([2H])([2H])S(=O)(=O)c1ccc(C(N)CO)cc1.[2H]C([2H])([2H])C([2H])([2H])S(=O)(=O)c1ccc([C@H](CO)NC(=O)c2ccc3c(c2)cc(Cc2ccc(Cl)cc2C(F)(F)F)n3CCF)cc1. The number of aromatic carboxylic acids is 1. The summed E-state index contributed by atoms with van der Waals surface area (Å²) in [5.74, 6) is -1.79. The van der Waals surface area contributed by atoms with E-state index in [4.69, 9.17) is 52.9 Å². The van der Waals surface area contributed by atoms with Crippen LogP contribution >= 0.6 is 35.6 Å². The van der Waals surface area contributed by atoms with E-state index in [-0.39, 0.29) is 82.8 Å². The molecule has 13 nitrogen and oxygen atoms in total. The lowest BCUT2D eigenvalue weighted by molar-refractivity contribution is -0.139. The molecule has 0 aliphatic carbocycles. The van der Waals surface area contributed by atoms with Crippen LogP contribution in [0.3, 0.4) is 0 Å². The van der Waals surface area contributed by atoms with Gasteiger partial charge >= 0.3 is 18.3 Å². The zero-order chi connectivity index (χ0) is 69.8. The summed E-state index contributed by atoms with van der Waals surface area (Å²) in [5.41, 5.74) is -0.552. The molecule has 1 amide bonds. The monoisotopic (exact) mass is 1280 g/mol. The number of aliphatic hydroxyl groups excluding tert-OH is 2. The van der Waals surface area contributed by atoms with Crippen LogP contribution in [0, 0.1) is 0 Å². The minimum Gasteiger partial charge on any atom is -0.478 e. The van der Waals surface area contributed by atoms with Gasteiger partial charge in [-0.2, -0.15) is 26.3 Å². The largest absolute Gasteiger partial charge is 0.478 e. The first kappa shape index (κ1) is 54.1. The Morgan fingerprint density at radius 1 is 0.619 bits per heavy atom. The lowest BCUT2D eigenvalue weighted by atomic mass is 10.0. The Hall–Kier alpha value is -6.57. The highest BCUT2D eigenvalue weighted by atomic mass is 35.5. The number of hydrogen-bond acceptors (Lipinski definition) is 9. The van der Waals surface area contributed by atoms with Gasteiger partial charge in [0.1, 0.15) is 13.3 Å². The number of aliphatic hydroxyl groups is 2. The van der Waals surface area contributed by atoms with E-state index >= 15 is 0 Å². The van der Waals surface area contributed by atoms with Crippen molar-refractivity contribution >= 4 is 89.0 Å². The molecule has 0 bridgehead atoms. The highest BCUT2D eigenvalue weighted by molar-refractivity contribution is 7.91. The van der Waals surface area contributed by atoms with Gasteiger partial charge in [-0.25, -0.2) is 30.4 Å². The van der Waals surface area contributed by atoms with Crippen LogP contribution in [0.4, 0.5) is 35.1 Å². The fraction of sp³-hybridized carbons (Fsp3) is 0.276. The number of nitrogens with zero attached hydrogens (tertiary/aromatic N) is 2. The Kier molecular flexibility index (Phi) is 18.7. The third-order valence-electron chi connectivity index (χ3n) is 12.8. The topological polar surface area (TPSA) is 211 Å². The Balaban J connectivity index is 0.000000282. The van der Waals surface area contributed by atoms with Gasteiger partial charge in [-0.15, -0.1) is 12.4 Å². The minimum absolute atomic E-state index is 0. The Bertz CT molecular complexity index is 4260. The summed E-state index contributed by atoms with van der Waals surface area (Å²) < 4.78 is 233. The van der Waals surface area contributed by atoms with Gasteiger partial charge < -0.3 is 35.5 Å². The lowest BCUT2D eigenvalue weighted by Crippen LogP contribution is -2.30. The first-order valence-electron chi connectivity index (χ1n) is 29.3. The average molecular weight is 1290 g/mol. The Morgan fingerprint density at radius 2 is 1.04 bits per heavy atom. The Labute approximate surface area is 508 Å². The molecule has 26 heteroatoms. The second-order valence-electron chi connectivity index (χ2n) is 18.1. The number of nitrogens with one attached hydrogen (secondary N) is 1. The van der Waals surface area contributed by atoms with Crippen LogP contribution in [-0.4, -0.2) is 91.1 Å². The molecule has 1 unspecified atom stereocenters. The second kappa shape index (κ2) is 29.0. The smallest absolute Gasteiger partial charge is 0.416 e. The number of carboxylic acids is 1. The predicted molar refractivity (Wildman–Crippen MR) is 308 cm³/mol. The van der Waals surface area contributed by atoms with Crippen LogP contribution in [0.1, 0.15) is 105 Å². The van der Waals surface area contributed by atoms with E-state index in [0.717, 1.165) is 36.4 Å². The number of alkyl halides is 8. The number of halogens is 11. The molecule has 0 saturated carbocycles. The molecular weight excluding hydrogens is 1220 g/mol. The second-order valence-corrected chi connectivity index (χ2v) is 22.3. The highest BCUT2D eigenvalue weighted by Crippen LogP contribution is 2.37. The quantitative estimate of drug-likeness (QED) is 0.0484. The van der Waals surface area contributed by atoms with Crippen molar-refractivity contribution in [1.82, 2.24) is 14.5 Å². The van der Waals surface area contributed by atoms with E-state index in [1.165, 1.54) is 89.5 Å². The lowest BCUT2D eigenvalue weighted by Gasteiger charge is -2.17. The van der Waals surface area contributed by atoms with E-state index in [0.29, 0.717) is 38.8 Å². The van der Waals surface area contributed by atoms with E-state index < -0.39 is 122 Å². The third-order valence-corrected chi connectivity index (χ3v) is 15.6. The number of carboxylic acid groups (broad SMARTS) is 1. The molecule has 6 aromatic carbocycles. The summed E-state index contributed by atoms with van der Waals surface area (Å²) in [4.78, 5) is 23.2. The maximum absolute atomic E-state index is 13.7. The molecular formula is C58H57Cl3F8N4O9S2. The van der Waals surface area contributed by atoms with E-state index in [1.807, 2.05) is 0 Å². The van der Waals surface area contributed by atoms with Crippen LogP contribution in [-0.2, 0) is 58.0 Å². The summed E-state index contributed by atoms with van der Waals surface area (Å²) in [5, 5.41) is 31.4. The van der Waals surface area contributed by atoms with E-state index in [9.17, 15) is 66.7 Å². The van der Waals surface area contributed by atoms with Gasteiger partial charge in [0, 0.05) is 75.4 Å². The number of carbonyl (C=O) groups excluding carboxylic acids is 1. The normalized spacial score (nSPS) is 15.0. The van der Waals surface area contributed by atoms with Crippen molar-refractivity contribution in [2.75, 3.05) is 38.0 Å². The first-order valence-corrected chi connectivity index (χ1v) is 28.0. The molecule has 84 heavy (non-hydrogen) atoms. The van der Waals surface area contributed by atoms with Gasteiger partial charge in [-0.05, 0) is 119 Å². The van der Waals surface area contributed by atoms with Crippen LogP contribution in [0.15, 0.2) is 143 Å². The number of carbonyl (C=O) groups is 2. The van der Waals surface area contributed by atoms with Gasteiger partial charge in [0.15, 0.2) is 19.7 Å². The van der Waals surface area contributed by atoms with Gasteiger partial charge in [0.25, 0.3) is 5.91 Å². The first-order chi connectivity index (χ1) is 43.0. The molecule has 0 aliphatic rings. The number of hydrogen-bond donors (Lipinski definition) is 5. The summed E-state index contributed by atoms with van der Waals surface area (Å²) in [7, 11) is -9.61. The number of aryl methyl sites for hydroxylation is 2. The van der Waals surface area contributed by atoms with Gasteiger partial charge in [0.05, 0.1) is 76.3 Å². The predicted octanol–water partition coefficient (Wildman–Crippen LogP) is 12.6. The summed E-state index contributed by atoms with van der Waals surface area (Å²) in [6, 6.07) is 26.1. The van der Waals surface area contributed by atoms with Crippen molar-refractivity contribution in [3.63, 3.8) is 0 Å². The number of rotatable bonds is 19. The molecule has 452 valence electrons. The molecule has 0 spiro atoms. The van der Waals surface area contributed by atoms with Crippen molar-refractivity contribution in [3.8, 4) is 0 Å². The number of sulfone groups is 2. The minimum atomic E-state index is -4.94. The summed E-state index contributed by atoms with van der Waals surface area (Å²) >= 11 is 11.5. The van der Waals surface area contributed by atoms with Crippen molar-refractivity contribution < 1.29 is 90.6 Å². The zero-order valence-corrected chi connectivity index (χ0v) is 47.2. The average Bonchev–Trinajstić information content (AvgIpc) is 1.08. The fourth-order valence-corrected chi connectivity index (χ4v) is 10.3. The molecule has 2 aromatic heterocycles. The number of aromatic nitrogens is 2. The van der Waals surface area contributed by atoms with E-state index in [2.05, 4.69) is 5.32 Å². The van der Waals surface area contributed by atoms with Crippen LogP contribution < -0.4 is 11.1 Å². The zero-order valence-electron chi connectivity index (χ0n) is 53.3. The van der Waals surface area contributed by atoms with Crippen molar-refractivity contribution in [1.29, 1.82) is 0 Å². The van der Waals surface area contributed by atoms with Crippen LogP contribution in [0.25, 0.3) is 21.8 Å².